The maximum Gasteiger partial charge on any atom is 0.289 e. The monoisotopic (exact) mass is 478 g/mol. The normalized spacial score (nSPS) is 23.2. The number of benzene rings is 1. The molecule has 3 saturated carbocycles. The number of nitrogens with one attached hydrogen (secondary N) is 2. The van der Waals surface area contributed by atoms with Crippen LogP contribution in [0.1, 0.15) is 29.9 Å². The second kappa shape index (κ2) is 9.78. The molecule has 5 rings (SSSR count). The number of nitrogens with zero attached hydrogens (tertiary/aromatic N) is 2. The SMILES string of the molecule is COc1cc(OC)nc(C(=O)NC2C[C@H](NC(=O)COc3ccc(Cl)c(F)c3)C3CC2C3)n1. The Balaban J connectivity index is 1.32. The fourth-order valence-electron chi connectivity index (χ4n) is 4.29. The summed E-state index contributed by atoms with van der Waals surface area (Å²) in [5.41, 5.74) is 0. The Kier molecular flexibility index (Phi) is 6.83. The van der Waals surface area contributed by atoms with Crippen LogP contribution in [-0.2, 0) is 4.79 Å². The molecular weight excluding hydrogens is 455 g/mol. The molecule has 1 heterocycles. The minimum atomic E-state index is -0.612. The quantitative estimate of drug-likeness (QED) is 0.599. The first-order chi connectivity index (χ1) is 15.9. The topological polar surface area (TPSA) is 112 Å². The summed E-state index contributed by atoms with van der Waals surface area (Å²) in [6.07, 6.45) is 2.40. The van der Waals surface area contributed by atoms with Crippen molar-refractivity contribution in [2.45, 2.75) is 31.3 Å². The summed E-state index contributed by atoms with van der Waals surface area (Å²) < 4.78 is 29.1. The fraction of sp³-hybridized carbons (Fsp3) is 0.455. The molecule has 2 aromatic rings. The number of aromatic nitrogens is 2. The summed E-state index contributed by atoms with van der Waals surface area (Å²) in [5.74, 6) is -0.0303. The number of rotatable bonds is 8. The molecular formula is C22H24ClFN4O5. The lowest BCUT2D eigenvalue weighted by Gasteiger charge is -2.51. The van der Waals surface area contributed by atoms with Gasteiger partial charge < -0.3 is 24.8 Å². The van der Waals surface area contributed by atoms with E-state index in [1.165, 1.54) is 32.4 Å². The highest BCUT2D eigenvalue weighted by Crippen LogP contribution is 2.45. The van der Waals surface area contributed by atoms with Gasteiger partial charge in [0.1, 0.15) is 11.6 Å². The predicted molar refractivity (Wildman–Crippen MR) is 116 cm³/mol. The minimum absolute atomic E-state index is 0.0144. The highest BCUT2D eigenvalue weighted by molar-refractivity contribution is 6.30. The highest BCUT2D eigenvalue weighted by Gasteiger charge is 2.47. The standard InChI is InChI=1S/C22H24ClFN4O5/c1-31-19-9-20(32-2)28-21(27-19)22(30)26-17-8-16(11-5-12(17)6-11)25-18(29)10-33-13-3-4-14(23)15(24)7-13/h3-4,7,9,11-12,16-17H,5-6,8,10H2,1-2H3,(H,25,29)(H,26,30)/t11?,12?,16-,17?/m0/s1. The van der Waals surface area contributed by atoms with E-state index in [0.717, 1.165) is 18.9 Å². The van der Waals surface area contributed by atoms with Gasteiger partial charge >= 0.3 is 0 Å². The number of methoxy groups -OCH3 is 2. The van der Waals surface area contributed by atoms with Gasteiger partial charge in [-0.25, -0.2) is 4.39 Å². The third kappa shape index (κ3) is 5.27. The molecule has 3 fully saturated rings. The van der Waals surface area contributed by atoms with Gasteiger partial charge in [-0.1, -0.05) is 11.6 Å². The molecule has 176 valence electrons. The van der Waals surface area contributed by atoms with Crippen molar-refractivity contribution in [3.8, 4) is 17.5 Å². The van der Waals surface area contributed by atoms with E-state index in [2.05, 4.69) is 20.6 Å². The molecule has 2 atom stereocenters. The number of ether oxygens (including phenoxy) is 3. The van der Waals surface area contributed by atoms with Crippen molar-refractivity contribution < 1.29 is 28.2 Å². The Hall–Kier alpha value is -3.14. The highest BCUT2D eigenvalue weighted by atomic mass is 35.5. The van der Waals surface area contributed by atoms with Crippen LogP contribution in [0.2, 0.25) is 5.02 Å². The van der Waals surface area contributed by atoms with Crippen LogP contribution in [0.15, 0.2) is 24.3 Å². The lowest BCUT2D eigenvalue weighted by molar-refractivity contribution is -0.125. The Morgan fingerprint density at radius 1 is 1.03 bits per heavy atom. The number of amides is 2. The molecule has 2 bridgehead atoms. The molecule has 1 unspecified atom stereocenters. The summed E-state index contributed by atoms with van der Waals surface area (Å²) in [5, 5.41) is 5.95. The van der Waals surface area contributed by atoms with E-state index in [4.69, 9.17) is 25.8 Å². The Morgan fingerprint density at radius 2 is 1.67 bits per heavy atom. The van der Waals surface area contributed by atoms with Crippen LogP contribution >= 0.6 is 11.6 Å². The van der Waals surface area contributed by atoms with Gasteiger partial charge in [0, 0.05) is 18.2 Å². The molecule has 3 aliphatic carbocycles. The number of hydrogen-bond acceptors (Lipinski definition) is 7. The van der Waals surface area contributed by atoms with Crippen molar-refractivity contribution >= 4 is 23.4 Å². The largest absolute Gasteiger partial charge is 0.484 e. The van der Waals surface area contributed by atoms with E-state index in [0.29, 0.717) is 18.3 Å². The zero-order valence-electron chi connectivity index (χ0n) is 18.1. The van der Waals surface area contributed by atoms with Gasteiger partial charge in [0.05, 0.1) is 25.3 Å². The summed E-state index contributed by atoms with van der Waals surface area (Å²) in [6.45, 7) is -0.248. The van der Waals surface area contributed by atoms with Crippen molar-refractivity contribution in [2.75, 3.05) is 20.8 Å². The molecule has 3 aliphatic rings. The zero-order valence-corrected chi connectivity index (χ0v) is 18.9. The van der Waals surface area contributed by atoms with Crippen molar-refractivity contribution in [3.05, 3.63) is 40.9 Å². The molecule has 0 saturated heterocycles. The van der Waals surface area contributed by atoms with Gasteiger partial charge in [-0.05, 0) is 43.2 Å². The van der Waals surface area contributed by atoms with Crippen LogP contribution in [0, 0.1) is 17.7 Å². The summed E-state index contributed by atoms with van der Waals surface area (Å²) in [6, 6.07) is 5.26. The Labute approximate surface area is 195 Å². The number of hydrogen-bond donors (Lipinski definition) is 2. The third-order valence-electron chi connectivity index (χ3n) is 6.08. The molecule has 1 aromatic carbocycles. The lowest BCUT2D eigenvalue weighted by Crippen LogP contribution is -2.60. The maximum absolute atomic E-state index is 13.5. The molecule has 1 aromatic heterocycles. The molecule has 0 aliphatic heterocycles. The zero-order chi connectivity index (χ0) is 23.5. The third-order valence-corrected chi connectivity index (χ3v) is 6.39. The van der Waals surface area contributed by atoms with Crippen LogP contribution in [0.3, 0.4) is 0 Å². The smallest absolute Gasteiger partial charge is 0.289 e. The van der Waals surface area contributed by atoms with Crippen LogP contribution in [0.5, 0.6) is 17.5 Å². The van der Waals surface area contributed by atoms with Gasteiger partial charge in [0.2, 0.25) is 17.6 Å². The van der Waals surface area contributed by atoms with E-state index in [-0.39, 0.29) is 53.0 Å². The Bertz CT molecular complexity index is 1030. The number of carbonyl (C=O) groups excluding carboxylic acids is 2. The van der Waals surface area contributed by atoms with E-state index >= 15 is 0 Å². The molecule has 2 amide bonds. The van der Waals surface area contributed by atoms with E-state index in [1.807, 2.05) is 0 Å². The van der Waals surface area contributed by atoms with Crippen molar-refractivity contribution in [1.29, 1.82) is 0 Å². The Morgan fingerprint density at radius 3 is 2.27 bits per heavy atom. The van der Waals surface area contributed by atoms with Crippen LogP contribution in [0.4, 0.5) is 4.39 Å². The van der Waals surface area contributed by atoms with Crippen molar-refractivity contribution in [1.82, 2.24) is 20.6 Å². The summed E-state index contributed by atoms with van der Waals surface area (Å²) in [4.78, 5) is 33.3. The van der Waals surface area contributed by atoms with Gasteiger partial charge in [-0.3, -0.25) is 9.59 Å². The first-order valence-corrected chi connectivity index (χ1v) is 10.9. The lowest BCUT2D eigenvalue weighted by atomic mass is 9.60. The summed E-state index contributed by atoms with van der Waals surface area (Å²) in [7, 11) is 2.89. The number of fused-ring (bicyclic) bond motifs is 2. The second-order valence-corrected chi connectivity index (χ2v) is 8.53. The molecule has 0 spiro atoms. The number of carbonyl (C=O) groups is 2. The molecule has 9 nitrogen and oxygen atoms in total. The van der Waals surface area contributed by atoms with Crippen LogP contribution < -0.4 is 24.8 Å². The fourth-order valence-corrected chi connectivity index (χ4v) is 4.41. The second-order valence-electron chi connectivity index (χ2n) is 8.12. The van der Waals surface area contributed by atoms with Gasteiger partial charge in [-0.2, -0.15) is 9.97 Å². The first-order valence-electron chi connectivity index (χ1n) is 10.5. The number of halogens is 2. The van der Waals surface area contributed by atoms with Gasteiger partial charge in [-0.15, -0.1) is 0 Å². The van der Waals surface area contributed by atoms with Gasteiger partial charge in [0.25, 0.3) is 11.8 Å². The minimum Gasteiger partial charge on any atom is -0.484 e. The average molecular weight is 479 g/mol. The maximum atomic E-state index is 13.5. The van der Waals surface area contributed by atoms with Crippen molar-refractivity contribution in [2.24, 2.45) is 11.8 Å². The average Bonchev–Trinajstić information content (AvgIpc) is 2.78. The molecule has 2 N–H and O–H groups in total. The van der Waals surface area contributed by atoms with E-state index < -0.39 is 11.7 Å². The molecule has 33 heavy (non-hydrogen) atoms. The molecule has 11 heteroatoms. The van der Waals surface area contributed by atoms with Crippen molar-refractivity contribution in [3.63, 3.8) is 0 Å². The first kappa shape index (κ1) is 23.0. The summed E-state index contributed by atoms with van der Waals surface area (Å²) >= 11 is 5.65. The van der Waals surface area contributed by atoms with Gasteiger partial charge in [0.15, 0.2) is 6.61 Å². The van der Waals surface area contributed by atoms with E-state index in [1.54, 1.807) is 0 Å². The van der Waals surface area contributed by atoms with Crippen LogP contribution in [-0.4, -0.2) is 54.7 Å². The molecule has 0 radical (unpaired) electrons. The van der Waals surface area contributed by atoms with Crippen LogP contribution in [0.25, 0.3) is 0 Å². The van der Waals surface area contributed by atoms with E-state index in [9.17, 15) is 14.0 Å². The predicted octanol–water partition coefficient (Wildman–Crippen LogP) is 2.38.